The molecule has 3 nitrogen and oxygen atoms in total. The second-order valence-electron chi connectivity index (χ2n) is 4.83. The molecule has 1 fully saturated rings. The van der Waals surface area contributed by atoms with E-state index in [9.17, 15) is 4.79 Å². The van der Waals surface area contributed by atoms with Crippen LogP contribution in [0.4, 0.5) is 0 Å². The SMILES string of the molecule is Cc1cccc(CN(C)C(=O)[C@@H]2CCCN2)c1. The molecule has 1 saturated heterocycles. The Bertz CT molecular complexity index is 397. The van der Waals surface area contributed by atoms with Crippen LogP contribution in [0.5, 0.6) is 0 Å². The Hall–Kier alpha value is -1.35. The van der Waals surface area contributed by atoms with Crippen LogP contribution in [0, 0.1) is 6.92 Å². The van der Waals surface area contributed by atoms with Gasteiger partial charge in [0, 0.05) is 13.6 Å². The summed E-state index contributed by atoms with van der Waals surface area (Å²) in [5.74, 6) is 0.212. The number of hydrogen-bond acceptors (Lipinski definition) is 2. The minimum Gasteiger partial charge on any atom is -0.340 e. The molecule has 0 radical (unpaired) electrons. The molecule has 1 amide bonds. The van der Waals surface area contributed by atoms with Crippen molar-refractivity contribution in [3.8, 4) is 0 Å². The third kappa shape index (κ3) is 3.07. The maximum absolute atomic E-state index is 12.1. The van der Waals surface area contributed by atoms with Gasteiger partial charge in [-0.1, -0.05) is 29.8 Å². The van der Waals surface area contributed by atoms with Crippen molar-refractivity contribution in [2.24, 2.45) is 0 Å². The molecule has 1 atom stereocenters. The van der Waals surface area contributed by atoms with E-state index >= 15 is 0 Å². The monoisotopic (exact) mass is 232 g/mol. The summed E-state index contributed by atoms with van der Waals surface area (Å²) < 4.78 is 0. The van der Waals surface area contributed by atoms with Gasteiger partial charge in [-0.15, -0.1) is 0 Å². The number of rotatable bonds is 3. The molecule has 2 rings (SSSR count). The van der Waals surface area contributed by atoms with Crippen molar-refractivity contribution >= 4 is 5.91 Å². The van der Waals surface area contributed by atoms with Crippen molar-refractivity contribution < 1.29 is 4.79 Å². The largest absolute Gasteiger partial charge is 0.340 e. The Morgan fingerprint density at radius 2 is 2.35 bits per heavy atom. The highest BCUT2D eigenvalue weighted by molar-refractivity contribution is 5.81. The summed E-state index contributed by atoms with van der Waals surface area (Å²) in [5, 5.41) is 3.24. The van der Waals surface area contributed by atoms with Crippen LogP contribution >= 0.6 is 0 Å². The Labute approximate surface area is 103 Å². The number of likely N-dealkylation sites (N-methyl/N-ethyl adjacent to an activating group) is 1. The van der Waals surface area contributed by atoms with Gasteiger partial charge in [0.05, 0.1) is 6.04 Å². The molecule has 3 heteroatoms. The first-order valence-electron chi connectivity index (χ1n) is 6.21. The van der Waals surface area contributed by atoms with Gasteiger partial charge in [-0.2, -0.15) is 0 Å². The average molecular weight is 232 g/mol. The van der Waals surface area contributed by atoms with E-state index in [0.717, 1.165) is 19.4 Å². The van der Waals surface area contributed by atoms with Crippen molar-refractivity contribution in [3.05, 3.63) is 35.4 Å². The van der Waals surface area contributed by atoms with Gasteiger partial charge in [-0.3, -0.25) is 4.79 Å². The first-order chi connectivity index (χ1) is 8.16. The first kappa shape index (κ1) is 12.1. The number of nitrogens with zero attached hydrogens (tertiary/aromatic N) is 1. The molecule has 1 aliphatic heterocycles. The molecule has 1 aromatic carbocycles. The van der Waals surface area contributed by atoms with Crippen LogP contribution in [0.25, 0.3) is 0 Å². The van der Waals surface area contributed by atoms with Crippen molar-refractivity contribution in [1.82, 2.24) is 10.2 Å². The molecule has 0 bridgehead atoms. The number of carbonyl (C=O) groups excluding carboxylic acids is 1. The van der Waals surface area contributed by atoms with E-state index in [4.69, 9.17) is 0 Å². The normalized spacial score (nSPS) is 19.3. The highest BCUT2D eigenvalue weighted by Crippen LogP contribution is 2.11. The summed E-state index contributed by atoms with van der Waals surface area (Å²) in [6.07, 6.45) is 2.08. The average Bonchev–Trinajstić information content (AvgIpc) is 2.81. The molecule has 0 aromatic heterocycles. The summed E-state index contributed by atoms with van der Waals surface area (Å²) in [7, 11) is 1.88. The second-order valence-corrected chi connectivity index (χ2v) is 4.83. The maximum atomic E-state index is 12.1. The van der Waals surface area contributed by atoms with Gasteiger partial charge >= 0.3 is 0 Å². The van der Waals surface area contributed by atoms with Crippen LogP contribution in [0.15, 0.2) is 24.3 Å². The predicted octanol–water partition coefficient (Wildman–Crippen LogP) is 1.71. The van der Waals surface area contributed by atoms with Crippen LogP contribution < -0.4 is 5.32 Å². The number of hydrogen-bond donors (Lipinski definition) is 1. The van der Waals surface area contributed by atoms with Crippen molar-refractivity contribution in [3.63, 3.8) is 0 Å². The Kier molecular flexibility index (Phi) is 3.79. The molecular weight excluding hydrogens is 212 g/mol. The van der Waals surface area contributed by atoms with E-state index in [1.807, 2.05) is 18.0 Å². The molecule has 92 valence electrons. The fourth-order valence-electron chi connectivity index (χ4n) is 2.32. The summed E-state index contributed by atoms with van der Waals surface area (Å²) in [6.45, 7) is 3.73. The third-order valence-corrected chi connectivity index (χ3v) is 3.24. The molecule has 0 spiro atoms. The number of carbonyl (C=O) groups is 1. The van der Waals surface area contributed by atoms with E-state index in [2.05, 4.69) is 30.4 Å². The third-order valence-electron chi connectivity index (χ3n) is 3.24. The zero-order valence-electron chi connectivity index (χ0n) is 10.6. The molecule has 17 heavy (non-hydrogen) atoms. The van der Waals surface area contributed by atoms with Gasteiger partial charge in [0.25, 0.3) is 0 Å². The quantitative estimate of drug-likeness (QED) is 0.860. The van der Waals surface area contributed by atoms with Crippen LogP contribution in [0.1, 0.15) is 24.0 Å². The number of benzene rings is 1. The molecule has 0 aliphatic carbocycles. The maximum Gasteiger partial charge on any atom is 0.239 e. The summed E-state index contributed by atoms with van der Waals surface area (Å²) in [5.41, 5.74) is 2.43. The standard InChI is InChI=1S/C14H20N2O/c1-11-5-3-6-12(9-11)10-16(2)14(17)13-7-4-8-15-13/h3,5-6,9,13,15H,4,7-8,10H2,1-2H3/t13-/m0/s1. The number of amides is 1. The smallest absolute Gasteiger partial charge is 0.239 e. The highest BCUT2D eigenvalue weighted by Gasteiger charge is 2.24. The molecular formula is C14H20N2O. The molecule has 1 heterocycles. The first-order valence-corrected chi connectivity index (χ1v) is 6.21. The lowest BCUT2D eigenvalue weighted by Crippen LogP contribution is -2.41. The minimum atomic E-state index is 0.0322. The van der Waals surface area contributed by atoms with Gasteiger partial charge in [0.15, 0.2) is 0 Å². The topological polar surface area (TPSA) is 32.3 Å². The predicted molar refractivity (Wildman–Crippen MR) is 68.7 cm³/mol. The Morgan fingerprint density at radius 1 is 1.53 bits per heavy atom. The molecule has 1 N–H and O–H groups in total. The van der Waals surface area contributed by atoms with E-state index < -0.39 is 0 Å². The number of aryl methyl sites for hydroxylation is 1. The van der Waals surface area contributed by atoms with Crippen LogP contribution in [0.2, 0.25) is 0 Å². The second kappa shape index (κ2) is 5.32. The Balaban J connectivity index is 1.96. The summed E-state index contributed by atoms with van der Waals surface area (Å²) in [6, 6.07) is 8.34. The van der Waals surface area contributed by atoms with E-state index in [1.54, 1.807) is 0 Å². The van der Waals surface area contributed by atoms with Gasteiger partial charge in [0.2, 0.25) is 5.91 Å². The van der Waals surface area contributed by atoms with Crippen LogP contribution in [-0.4, -0.2) is 30.4 Å². The zero-order chi connectivity index (χ0) is 12.3. The van der Waals surface area contributed by atoms with Crippen LogP contribution in [-0.2, 0) is 11.3 Å². The van der Waals surface area contributed by atoms with Crippen molar-refractivity contribution in [2.45, 2.75) is 32.4 Å². The van der Waals surface area contributed by atoms with Crippen LogP contribution in [0.3, 0.4) is 0 Å². The van der Waals surface area contributed by atoms with Gasteiger partial charge in [-0.25, -0.2) is 0 Å². The molecule has 1 aromatic rings. The minimum absolute atomic E-state index is 0.0322. The Morgan fingerprint density at radius 3 is 3.00 bits per heavy atom. The van der Waals surface area contributed by atoms with Crippen molar-refractivity contribution in [2.75, 3.05) is 13.6 Å². The van der Waals surface area contributed by atoms with Crippen molar-refractivity contribution in [1.29, 1.82) is 0 Å². The zero-order valence-corrected chi connectivity index (χ0v) is 10.6. The molecule has 0 unspecified atom stereocenters. The van der Waals surface area contributed by atoms with E-state index in [-0.39, 0.29) is 11.9 Å². The lowest BCUT2D eigenvalue weighted by molar-refractivity contribution is -0.132. The lowest BCUT2D eigenvalue weighted by atomic mass is 10.1. The number of nitrogens with one attached hydrogen (secondary N) is 1. The lowest BCUT2D eigenvalue weighted by Gasteiger charge is -2.21. The molecule has 1 aliphatic rings. The van der Waals surface area contributed by atoms with Gasteiger partial charge in [-0.05, 0) is 31.9 Å². The van der Waals surface area contributed by atoms with E-state index in [0.29, 0.717) is 6.54 Å². The fourth-order valence-corrected chi connectivity index (χ4v) is 2.32. The summed E-state index contributed by atoms with van der Waals surface area (Å²) in [4.78, 5) is 13.9. The van der Waals surface area contributed by atoms with Gasteiger partial charge in [0.1, 0.15) is 0 Å². The van der Waals surface area contributed by atoms with E-state index in [1.165, 1.54) is 11.1 Å². The fraction of sp³-hybridized carbons (Fsp3) is 0.500. The van der Waals surface area contributed by atoms with Gasteiger partial charge < -0.3 is 10.2 Å². The highest BCUT2D eigenvalue weighted by atomic mass is 16.2. The summed E-state index contributed by atoms with van der Waals surface area (Å²) >= 11 is 0. The molecule has 0 saturated carbocycles.